The molecule has 0 aromatic heterocycles. The highest BCUT2D eigenvalue weighted by molar-refractivity contribution is 8.01. The maximum absolute atomic E-state index is 12.2. The molecular formula is C12H26N2O2S2. The molecular weight excluding hydrogens is 268 g/mol. The Morgan fingerprint density at radius 2 is 2.11 bits per heavy atom. The van der Waals surface area contributed by atoms with Crippen molar-refractivity contribution in [3.8, 4) is 0 Å². The van der Waals surface area contributed by atoms with Crippen LogP contribution in [-0.4, -0.2) is 61.6 Å². The summed E-state index contributed by atoms with van der Waals surface area (Å²) in [5, 5.41) is 3.06. The van der Waals surface area contributed by atoms with Gasteiger partial charge in [0, 0.05) is 36.4 Å². The van der Waals surface area contributed by atoms with E-state index in [2.05, 4.69) is 24.1 Å². The third kappa shape index (κ3) is 4.11. The van der Waals surface area contributed by atoms with E-state index in [0.717, 1.165) is 37.6 Å². The minimum absolute atomic E-state index is 0.242. The van der Waals surface area contributed by atoms with Gasteiger partial charge in [-0.25, -0.2) is 8.42 Å². The van der Waals surface area contributed by atoms with Crippen LogP contribution in [-0.2, 0) is 9.84 Å². The smallest absolute Gasteiger partial charge is 0.166 e. The van der Waals surface area contributed by atoms with Crippen LogP contribution in [0.25, 0.3) is 0 Å². The van der Waals surface area contributed by atoms with Gasteiger partial charge in [0.2, 0.25) is 0 Å². The molecule has 1 aliphatic rings. The van der Waals surface area contributed by atoms with Crippen LogP contribution in [0.5, 0.6) is 0 Å². The summed E-state index contributed by atoms with van der Waals surface area (Å²) in [5.74, 6) is 2.00. The van der Waals surface area contributed by atoms with Gasteiger partial charge >= 0.3 is 0 Å². The molecule has 0 aromatic carbocycles. The number of sulfone groups is 1. The van der Waals surface area contributed by atoms with Gasteiger partial charge in [-0.3, -0.25) is 4.90 Å². The fourth-order valence-electron chi connectivity index (χ4n) is 2.32. The van der Waals surface area contributed by atoms with Crippen LogP contribution in [0.3, 0.4) is 0 Å². The van der Waals surface area contributed by atoms with Gasteiger partial charge in [-0.15, -0.1) is 0 Å². The van der Waals surface area contributed by atoms with Crippen LogP contribution in [0.15, 0.2) is 0 Å². The number of hydrogen-bond acceptors (Lipinski definition) is 5. The summed E-state index contributed by atoms with van der Waals surface area (Å²) in [7, 11) is -2.97. The molecule has 2 unspecified atom stereocenters. The second-order valence-corrected chi connectivity index (χ2v) is 8.19. The molecule has 6 heteroatoms. The molecule has 1 fully saturated rings. The lowest BCUT2D eigenvalue weighted by Gasteiger charge is -2.40. The highest BCUT2D eigenvalue weighted by Crippen LogP contribution is 2.24. The monoisotopic (exact) mass is 294 g/mol. The van der Waals surface area contributed by atoms with Crippen molar-refractivity contribution < 1.29 is 8.42 Å². The predicted molar refractivity (Wildman–Crippen MR) is 79.9 cm³/mol. The van der Waals surface area contributed by atoms with Gasteiger partial charge in [-0.2, -0.15) is 11.8 Å². The Labute approximate surface area is 116 Å². The first-order valence-corrected chi connectivity index (χ1v) is 9.69. The predicted octanol–water partition coefficient (Wildman–Crippen LogP) is 1.18. The fourth-order valence-corrected chi connectivity index (χ4v) is 5.41. The maximum atomic E-state index is 12.2. The lowest BCUT2D eigenvalue weighted by molar-refractivity contribution is 0.183. The molecule has 0 bridgehead atoms. The van der Waals surface area contributed by atoms with E-state index in [-0.39, 0.29) is 11.1 Å². The second kappa shape index (κ2) is 7.72. The topological polar surface area (TPSA) is 49.4 Å². The zero-order valence-corrected chi connectivity index (χ0v) is 13.3. The number of nitrogens with one attached hydrogen (secondary N) is 1. The summed E-state index contributed by atoms with van der Waals surface area (Å²) >= 11 is 1.76. The normalized spacial score (nSPS) is 24.1. The molecule has 108 valence electrons. The molecule has 1 aliphatic heterocycles. The van der Waals surface area contributed by atoms with E-state index in [4.69, 9.17) is 0 Å². The van der Waals surface area contributed by atoms with Gasteiger partial charge in [0.25, 0.3) is 0 Å². The van der Waals surface area contributed by atoms with Crippen molar-refractivity contribution in [2.24, 2.45) is 0 Å². The summed E-state index contributed by atoms with van der Waals surface area (Å²) in [6.07, 6.45) is 0.993. The number of likely N-dealkylation sites (N-methyl/N-ethyl adjacent to an activating group) is 1. The highest BCUT2D eigenvalue weighted by Gasteiger charge is 2.35. The summed E-state index contributed by atoms with van der Waals surface area (Å²) in [6.45, 7) is 8.67. The quantitative estimate of drug-likeness (QED) is 0.764. The third-order valence-electron chi connectivity index (χ3n) is 3.51. The number of nitrogens with zero attached hydrogens (tertiary/aromatic N) is 1. The molecule has 1 rings (SSSR count). The number of thioether (sulfide) groups is 1. The molecule has 1 N–H and O–H groups in total. The lowest BCUT2D eigenvalue weighted by Crippen LogP contribution is -2.55. The van der Waals surface area contributed by atoms with Crippen LogP contribution in [0.1, 0.15) is 27.2 Å². The molecule has 1 saturated heterocycles. The van der Waals surface area contributed by atoms with Gasteiger partial charge in [0.1, 0.15) is 5.37 Å². The van der Waals surface area contributed by atoms with E-state index in [1.165, 1.54) is 0 Å². The molecule has 0 aromatic rings. The SMILES string of the molecule is CCNCC(CC)N1CCSCC1S(=O)(=O)CC. The molecule has 2 atom stereocenters. The number of hydrogen-bond donors (Lipinski definition) is 1. The summed E-state index contributed by atoms with van der Waals surface area (Å²) < 4.78 is 24.4. The Bertz CT molecular complexity index is 333. The van der Waals surface area contributed by atoms with Gasteiger partial charge in [-0.1, -0.05) is 20.8 Å². The average Bonchev–Trinajstić information content (AvgIpc) is 2.40. The van der Waals surface area contributed by atoms with E-state index < -0.39 is 9.84 Å². The van der Waals surface area contributed by atoms with E-state index >= 15 is 0 Å². The Balaban J connectivity index is 2.80. The van der Waals surface area contributed by atoms with E-state index in [1.807, 2.05) is 0 Å². The van der Waals surface area contributed by atoms with Gasteiger partial charge < -0.3 is 5.32 Å². The Morgan fingerprint density at radius 1 is 1.39 bits per heavy atom. The first-order chi connectivity index (χ1) is 8.56. The first-order valence-electron chi connectivity index (χ1n) is 6.82. The van der Waals surface area contributed by atoms with E-state index in [1.54, 1.807) is 18.7 Å². The molecule has 0 aliphatic carbocycles. The lowest BCUT2D eigenvalue weighted by atomic mass is 10.2. The largest absolute Gasteiger partial charge is 0.315 e. The Hall–Kier alpha value is 0.220. The van der Waals surface area contributed by atoms with E-state index in [0.29, 0.717) is 6.04 Å². The van der Waals surface area contributed by atoms with Crippen molar-refractivity contribution in [3.05, 3.63) is 0 Å². The van der Waals surface area contributed by atoms with Crippen molar-refractivity contribution in [1.82, 2.24) is 10.2 Å². The van der Waals surface area contributed by atoms with Crippen molar-refractivity contribution in [2.75, 3.05) is 36.9 Å². The van der Waals surface area contributed by atoms with Gasteiger partial charge in [-0.05, 0) is 13.0 Å². The van der Waals surface area contributed by atoms with Crippen molar-refractivity contribution in [3.63, 3.8) is 0 Å². The molecule has 18 heavy (non-hydrogen) atoms. The number of rotatable bonds is 7. The fraction of sp³-hybridized carbons (Fsp3) is 1.00. The minimum atomic E-state index is -2.97. The average molecular weight is 294 g/mol. The molecule has 0 radical (unpaired) electrons. The van der Waals surface area contributed by atoms with Crippen molar-refractivity contribution in [1.29, 1.82) is 0 Å². The van der Waals surface area contributed by atoms with Gasteiger partial charge in [0.15, 0.2) is 9.84 Å². The van der Waals surface area contributed by atoms with Crippen LogP contribution in [0.2, 0.25) is 0 Å². The summed E-state index contributed by atoms with van der Waals surface area (Å²) in [5.41, 5.74) is 0. The zero-order chi connectivity index (χ0) is 13.6. The maximum Gasteiger partial charge on any atom is 0.166 e. The minimum Gasteiger partial charge on any atom is -0.315 e. The van der Waals surface area contributed by atoms with Crippen LogP contribution in [0, 0.1) is 0 Å². The molecule has 0 spiro atoms. The second-order valence-electron chi connectivity index (χ2n) is 4.59. The zero-order valence-electron chi connectivity index (χ0n) is 11.7. The van der Waals surface area contributed by atoms with Crippen LogP contribution in [0.4, 0.5) is 0 Å². The first kappa shape index (κ1) is 16.3. The summed E-state index contributed by atoms with van der Waals surface area (Å²) in [4.78, 5) is 2.21. The Kier molecular flexibility index (Phi) is 6.98. The van der Waals surface area contributed by atoms with Crippen molar-refractivity contribution in [2.45, 2.75) is 38.6 Å². The summed E-state index contributed by atoms with van der Waals surface area (Å²) in [6, 6.07) is 0.331. The molecule has 4 nitrogen and oxygen atoms in total. The van der Waals surface area contributed by atoms with E-state index in [9.17, 15) is 8.42 Å². The molecule has 0 saturated carbocycles. The molecule has 0 amide bonds. The standard InChI is InChI=1S/C12H26N2O2S2/c1-4-11(9-13-5-2)14-7-8-17-10-12(14)18(15,16)6-3/h11-13H,4-10H2,1-3H3. The van der Waals surface area contributed by atoms with Crippen LogP contribution >= 0.6 is 11.8 Å². The van der Waals surface area contributed by atoms with Crippen molar-refractivity contribution >= 4 is 21.6 Å². The van der Waals surface area contributed by atoms with Gasteiger partial charge in [0.05, 0.1) is 0 Å². The third-order valence-corrected chi connectivity index (χ3v) is 6.82. The highest BCUT2D eigenvalue weighted by atomic mass is 32.2. The van der Waals surface area contributed by atoms with Crippen LogP contribution < -0.4 is 5.32 Å². The molecule has 1 heterocycles. The Morgan fingerprint density at radius 3 is 2.67 bits per heavy atom.